The third-order valence-electron chi connectivity index (χ3n) is 9.34. The van der Waals surface area contributed by atoms with Gasteiger partial charge in [0.1, 0.15) is 6.54 Å². The highest BCUT2D eigenvalue weighted by molar-refractivity contribution is 5.80. The van der Waals surface area contributed by atoms with Crippen molar-refractivity contribution < 1.29 is 22.8 Å². The first-order valence-corrected chi connectivity index (χ1v) is 11.1. The van der Waals surface area contributed by atoms with Gasteiger partial charge in [0, 0.05) is 25.4 Å². The van der Waals surface area contributed by atoms with Gasteiger partial charge in [-0.1, -0.05) is 13.8 Å². The Morgan fingerprint density at radius 1 is 1.07 bits per heavy atom. The van der Waals surface area contributed by atoms with Crippen LogP contribution in [0.5, 0.6) is 0 Å². The van der Waals surface area contributed by atoms with E-state index in [1.807, 2.05) is 11.9 Å². The zero-order chi connectivity index (χ0) is 21.2. The van der Waals surface area contributed by atoms with Crippen molar-refractivity contribution in [2.24, 2.45) is 34.5 Å². The molecule has 3 saturated carbocycles. The van der Waals surface area contributed by atoms with Crippen LogP contribution >= 0.6 is 0 Å². The molecule has 4 fully saturated rings. The fourth-order valence-electron chi connectivity index (χ4n) is 7.89. The first kappa shape index (κ1) is 21.0. The van der Waals surface area contributed by atoms with Crippen LogP contribution in [0.4, 0.5) is 13.2 Å². The normalized spacial score (nSPS) is 44.7. The molecule has 1 aliphatic heterocycles. The Hall–Kier alpha value is -1.27. The largest absolute Gasteiger partial charge is 0.405 e. The number of fused-ring (bicyclic) bond motifs is 5. The van der Waals surface area contributed by atoms with E-state index in [9.17, 15) is 22.8 Å². The van der Waals surface area contributed by atoms with Crippen molar-refractivity contribution in [3.05, 3.63) is 0 Å². The number of amides is 2. The summed E-state index contributed by atoms with van der Waals surface area (Å²) < 4.78 is 37.7. The molecule has 4 rings (SSSR count). The van der Waals surface area contributed by atoms with Crippen LogP contribution in [-0.4, -0.2) is 42.5 Å². The van der Waals surface area contributed by atoms with Gasteiger partial charge in [0.15, 0.2) is 0 Å². The third kappa shape index (κ3) is 3.27. The fourth-order valence-corrected chi connectivity index (χ4v) is 7.89. The van der Waals surface area contributed by atoms with Gasteiger partial charge in [-0.05, 0) is 73.5 Å². The molecule has 0 aromatic heterocycles. The molecule has 1 heterocycles. The summed E-state index contributed by atoms with van der Waals surface area (Å²) in [6, 6.07) is 0.293. The fraction of sp³-hybridized carbons (Fsp3) is 0.909. The molecule has 164 valence electrons. The van der Waals surface area contributed by atoms with Gasteiger partial charge >= 0.3 is 6.18 Å². The van der Waals surface area contributed by atoms with Gasteiger partial charge < -0.3 is 10.2 Å². The van der Waals surface area contributed by atoms with E-state index in [-0.39, 0.29) is 22.7 Å². The Morgan fingerprint density at radius 3 is 2.45 bits per heavy atom. The average Bonchev–Trinajstić information content (AvgIpc) is 3.00. The quantitative estimate of drug-likeness (QED) is 0.738. The third-order valence-corrected chi connectivity index (χ3v) is 9.34. The molecule has 4 aliphatic rings. The summed E-state index contributed by atoms with van der Waals surface area (Å²) in [5, 5.41) is 2.15. The predicted octanol–water partition coefficient (Wildman–Crippen LogP) is 4.14. The number of piperidine rings is 1. The highest BCUT2D eigenvalue weighted by Crippen LogP contribution is 2.66. The molecule has 0 aromatic carbocycles. The first-order valence-electron chi connectivity index (χ1n) is 11.1. The number of carbonyl (C=O) groups excluding carboxylic acids is 2. The molecule has 0 spiro atoms. The van der Waals surface area contributed by atoms with E-state index >= 15 is 0 Å². The van der Waals surface area contributed by atoms with E-state index in [0.29, 0.717) is 36.6 Å². The standard InChI is InChI=1S/C22H33F3N2O2/c1-20-10-8-15-13(4-7-17-21(15,2)11-9-18(28)27(17)3)14(20)5-6-16(20)19(29)26-12-22(23,24)25/h13-17H,4-12H2,1-3H3,(H,26,29)/t13-,14-,15+,16?,17?,20-,21+/m0/s1. The molecule has 2 unspecified atom stereocenters. The van der Waals surface area contributed by atoms with Crippen molar-refractivity contribution in [3.63, 3.8) is 0 Å². The summed E-state index contributed by atoms with van der Waals surface area (Å²) in [4.78, 5) is 26.8. The van der Waals surface area contributed by atoms with Gasteiger partial charge in [-0.25, -0.2) is 0 Å². The SMILES string of the molecule is CN1C(=O)CC[C@@]2(C)C1CC[C@@H]1[C@H]2CC[C@]2(C)C(C(=O)NCC(F)(F)F)CC[C@@H]12. The zero-order valence-electron chi connectivity index (χ0n) is 17.6. The lowest BCUT2D eigenvalue weighted by Crippen LogP contribution is -2.61. The molecule has 29 heavy (non-hydrogen) atoms. The topological polar surface area (TPSA) is 49.4 Å². The lowest BCUT2D eigenvalue weighted by Gasteiger charge is -2.61. The van der Waals surface area contributed by atoms with Crippen molar-refractivity contribution >= 4 is 11.8 Å². The second kappa shape index (κ2) is 6.88. The summed E-state index contributed by atoms with van der Waals surface area (Å²) in [6.45, 7) is 3.25. The average molecular weight is 415 g/mol. The maximum absolute atomic E-state index is 12.6. The first-order chi connectivity index (χ1) is 13.5. The van der Waals surface area contributed by atoms with Crippen molar-refractivity contribution in [2.45, 2.75) is 77.4 Å². The van der Waals surface area contributed by atoms with Crippen molar-refractivity contribution in [1.82, 2.24) is 10.2 Å². The second-order valence-corrected chi connectivity index (χ2v) is 10.5. The summed E-state index contributed by atoms with van der Waals surface area (Å²) in [5.41, 5.74) is -0.0973. The smallest absolute Gasteiger partial charge is 0.347 e. The van der Waals surface area contributed by atoms with Crippen LogP contribution in [0.1, 0.15) is 65.2 Å². The second-order valence-electron chi connectivity index (χ2n) is 10.5. The van der Waals surface area contributed by atoms with Crippen molar-refractivity contribution in [3.8, 4) is 0 Å². The molecular weight excluding hydrogens is 381 g/mol. The minimum atomic E-state index is -4.37. The summed E-state index contributed by atoms with van der Waals surface area (Å²) in [5.74, 6) is 0.937. The molecule has 1 saturated heterocycles. The van der Waals surface area contributed by atoms with E-state index in [4.69, 9.17) is 0 Å². The number of carbonyl (C=O) groups is 2. The molecule has 0 aromatic rings. The Morgan fingerprint density at radius 2 is 1.76 bits per heavy atom. The summed E-state index contributed by atoms with van der Waals surface area (Å²) in [7, 11) is 1.94. The van der Waals surface area contributed by atoms with Gasteiger partial charge in [-0.15, -0.1) is 0 Å². The minimum Gasteiger partial charge on any atom is -0.347 e. The summed E-state index contributed by atoms with van der Waals surface area (Å²) >= 11 is 0. The van der Waals surface area contributed by atoms with Crippen LogP contribution in [0.3, 0.4) is 0 Å². The van der Waals surface area contributed by atoms with Crippen LogP contribution in [-0.2, 0) is 9.59 Å². The Bertz CT molecular complexity index is 696. The molecule has 2 amide bonds. The highest BCUT2D eigenvalue weighted by Gasteiger charge is 2.62. The molecule has 3 aliphatic carbocycles. The predicted molar refractivity (Wildman–Crippen MR) is 103 cm³/mol. The van der Waals surface area contributed by atoms with Gasteiger partial charge in [-0.2, -0.15) is 13.2 Å². The molecule has 7 heteroatoms. The van der Waals surface area contributed by atoms with Crippen LogP contribution < -0.4 is 5.32 Å². The molecule has 1 N–H and O–H groups in total. The lowest BCUT2D eigenvalue weighted by molar-refractivity contribution is -0.160. The number of halogens is 3. The minimum absolute atomic E-state index is 0.115. The highest BCUT2D eigenvalue weighted by atomic mass is 19.4. The molecule has 7 atom stereocenters. The Labute approximate surface area is 171 Å². The Kier molecular flexibility index (Phi) is 4.97. The number of nitrogens with one attached hydrogen (secondary N) is 1. The zero-order valence-corrected chi connectivity index (χ0v) is 17.6. The van der Waals surface area contributed by atoms with Crippen LogP contribution in [0, 0.1) is 34.5 Å². The van der Waals surface area contributed by atoms with Gasteiger partial charge in [0.2, 0.25) is 11.8 Å². The van der Waals surface area contributed by atoms with E-state index in [2.05, 4.69) is 19.2 Å². The number of hydrogen-bond donors (Lipinski definition) is 1. The maximum atomic E-state index is 12.6. The molecule has 0 radical (unpaired) electrons. The van der Waals surface area contributed by atoms with E-state index in [1.54, 1.807) is 0 Å². The number of alkyl halides is 3. The lowest BCUT2D eigenvalue weighted by atomic mass is 9.47. The summed E-state index contributed by atoms with van der Waals surface area (Å²) in [6.07, 6.45) is 2.74. The molecule has 0 bridgehead atoms. The molecule has 4 nitrogen and oxygen atoms in total. The van der Waals surface area contributed by atoms with Gasteiger partial charge in [0.05, 0.1) is 0 Å². The molecular formula is C22H33F3N2O2. The van der Waals surface area contributed by atoms with Crippen LogP contribution in [0.25, 0.3) is 0 Å². The van der Waals surface area contributed by atoms with Gasteiger partial charge in [0.25, 0.3) is 0 Å². The monoisotopic (exact) mass is 414 g/mol. The number of hydrogen-bond acceptors (Lipinski definition) is 2. The number of nitrogens with zero attached hydrogens (tertiary/aromatic N) is 1. The van der Waals surface area contributed by atoms with Crippen LogP contribution in [0.2, 0.25) is 0 Å². The van der Waals surface area contributed by atoms with Gasteiger partial charge in [-0.3, -0.25) is 9.59 Å². The number of rotatable bonds is 2. The van der Waals surface area contributed by atoms with E-state index < -0.39 is 18.6 Å². The Balaban J connectivity index is 1.52. The van der Waals surface area contributed by atoms with Crippen LogP contribution in [0.15, 0.2) is 0 Å². The van der Waals surface area contributed by atoms with Crippen molar-refractivity contribution in [1.29, 1.82) is 0 Å². The number of likely N-dealkylation sites (tertiary alicyclic amines) is 1. The van der Waals surface area contributed by atoms with E-state index in [1.165, 1.54) is 0 Å². The van der Waals surface area contributed by atoms with E-state index in [0.717, 1.165) is 38.5 Å². The maximum Gasteiger partial charge on any atom is 0.405 e. The van der Waals surface area contributed by atoms with Crippen molar-refractivity contribution in [2.75, 3.05) is 13.6 Å².